The number of nitrogens with one attached hydrogen (secondary N) is 1. The molecule has 0 radical (unpaired) electrons. The van der Waals surface area contributed by atoms with Crippen LogP contribution < -0.4 is 16.0 Å². The maximum atomic E-state index is 5.88. The minimum Gasteiger partial charge on any atom is -0.383 e. The predicted octanol–water partition coefficient (Wildman–Crippen LogP) is 2.65. The van der Waals surface area contributed by atoms with Gasteiger partial charge < -0.3 is 16.0 Å². The van der Waals surface area contributed by atoms with Crippen LogP contribution in [0.5, 0.6) is 0 Å². The molecule has 1 aromatic rings. The van der Waals surface area contributed by atoms with Gasteiger partial charge in [0, 0.05) is 25.7 Å². The minimum atomic E-state index is 0.550. The molecule has 5 nitrogen and oxygen atoms in total. The molecule has 0 unspecified atom stereocenters. The highest BCUT2D eigenvalue weighted by molar-refractivity contribution is 5.51. The van der Waals surface area contributed by atoms with Crippen molar-refractivity contribution in [2.75, 3.05) is 35.6 Å². The van der Waals surface area contributed by atoms with Crippen LogP contribution >= 0.6 is 0 Å². The Balaban J connectivity index is 1.97. The van der Waals surface area contributed by atoms with E-state index in [1.807, 2.05) is 6.07 Å². The molecule has 1 aliphatic heterocycles. The van der Waals surface area contributed by atoms with E-state index in [2.05, 4.69) is 27.1 Å². The monoisotopic (exact) mass is 263 g/mol. The molecule has 5 heteroatoms. The van der Waals surface area contributed by atoms with Crippen molar-refractivity contribution < 1.29 is 0 Å². The van der Waals surface area contributed by atoms with Gasteiger partial charge in [-0.3, -0.25) is 0 Å². The predicted molar refractivity (Wildman–Crippen MR) is 80.5 cm³/mol. The van der Waals surface area contributed by atoms with Gasteiger partial charge in [-0.05, 0) is 25.7 Å². The van der Waals surface area contributed by atoms with Crippen LogP contribution in [0.15, 0.2) is 6.07 Å². The first-order valence-electron chi connectivity index (χ1n) is 7.43. The average Bonchev–Trinajstić information content (AvgIpc) is 2.44. The highest BCUT2D eigenvalue weighted by Crippen LogP contribution is 2.20. The van der Waals surface area contributed by atoms with Crippen LogP contribution in [0.2, 0.25) is 0 Å². The number of anilines is 3. The van der Waals surface area contributed by atoms with E-state index in [9.17, 15) is 0 Å². The molecule has 19 heavy (non-hydrogen) atoms. The van der Waals surface area contributed by atoms with Crippen molar-refractivity contribution in [3.63, 3.8) is 0 Å². The lowest BCUT2D eigenvalue weighted by atomic mass is 10.1. The van der Waals surface area contributed by atoms with E-state index < -0.39 is 0 Å². The Bertz CT molecular complexity index is 387. The molecule has 106 valence electrons. The molecule has 0 amide bonds. The van der Waals surface area contributed by atoms with Gasteiger partial charge >= 0.3 is 0 Å². The quantitative estimate of drug-likeness (QED) is 0.772. The second-order valence-electron chi connectivity index (χ2n) is 5.16. The molecule has 1 aromatic heterocycles. The fraction of sp³-hybridized carbons (Fsp3) is 0.714. The molecule has 3 N–H and O–H groups in total. The summed E-state index contributed by atoms with van der Waals surface area (Å²) in [7, 11) is 0. The van der Waals surface area contributed by atoms with Crippen molar-refractivity contribution in [3.8, 4) is 0 Å². The van der Waals surface area contributed by atoms with Crippen LogP contribution in [0.3, 0.4) is 0 Å². The van der Waals surface area contributed by atoms with Crippen LogP contribution in [0.25, 0.3) is 0 Å². The van der Waals surface area contributed by atoms with Gasteiger partial charge in [-0.25, -0.2) is 0 Å². The van der Waals surface area contributed by atoms with Gasteiger partial charge in [0.05, 0.1) is 0 Å². The third kappa shape index (κ3) is 4.26. The first kappa shape index (κ1) is 13.9. The number of nitrogens with two attached hydrogens (primary N) is 1. The molecule has 0 spiro atoms. The number of nitrogen functional groups attached to an aromatic ring is 1. The van der Waals surface area contributed by atoms with Gasteiger partial charge in [-0.15, -0.1) is 0 Å². The summed E-state index contributed by atoms with van der Waals surface area (Å²) >= 11 is 0. The first-order chi connectivity index (χ1) is 9.29. The highest BCUT2D eigenvalue weighted by atomic mass is 15.2. The fourth-order valence-corrected chi connectivity index (χ4v) is 2.39. The summed E-state index contributed by atoms with van der Waals surface area (Å²) < 4.78 is 0. The smallest absolute Gasteiger partial charge is 0.226 e. The van der Waals surface area contributed by atoms with Gasteiger partial charge in [0.25, 0.3) is 0 Å². The van der Waals surface area contributed by atoms with Crippen molar-refractivity contribution in [1.82, 2.24) is 9.97 Å². The van der Waals surface area contributed by atoms with Crippen molar-refractivity contribution >= 4 is 17.6 Å². The second-order valence-corrected chi connectivity index (χ2v) is 5.16. The Hall–Kier alpha value is -1.52. The number of piperidine rings is 1. The van der Waals surface area contributed by atoms with E-state index in [1.54, 1.807) is 0 Å². The number of unbranched alkanes of at least 4 members (excludes halogenated alkanes) is 2. The molecular formula is C14H25N5. The third-order valence-electron chi connectivity index (χ3n) is 3.48. The summed E-state index contributed by atoms with van der Waals surface area (Å²) in [5.41, 5.74) is 5.88. The third-order valence-corrected chi connectivity index (χ3v) is 3.48. The number of rotatable bonds is 6. The lowest BCUT2D eigenvalue weighted by Gasteiger charge is -2.28. The Morgan fingerprint density at radius 2 is 2.00 bits per heavy atom. The molecule has 2 rings (SSSR count). The Morgan fingerprint density at radius 1 is 1.21 bits per heavy atom. The zero-order valence-electron chi connectivity index (χ0n) is 11.9. The van der Waals surface area contributed by atoms with E-state index in [4.69, 9.17) is 5.73 Å². The van der Waals surface area contributed by atoms with E-state index in [1.165, 1.54) is 32.1 Å². The molecule has 1 saturated heterocycles. The lowest BCUT2D eigenvalue weighted by Crippen LogP contribution is -2.30. The van der Waals surface area contributed by atoms with Crippen molar-refractivity contribution in [3.05, 3.63) is 6.07 Å². The van der Waals surface area contributed by atoms with E-state index >= 15 is 0 Å². The minimum absolute atomic E-state index is 0.550. The Morgan fingerprint density at radius 3 is 2.74 bits per heavy atom. The summed E-state index contributed by atoms with van der Waals surface area (Å²) in [6, 6.07) is 1.88. The molecule has 1 fully saturated rings. The van der Waals surface area contributed by atoms with Crippen LogP contribution in [0.4, 0.5) is 17.6 Å². The summed E-state index contributed by atoms with van der Waals surface area (Å²) in [6.45, 7) is 5.26. The summed E-state index contributed by atoms with van der Waals surface area (Å²) in [6.07, 6.45) is 7.39. The number of aromatic nitrogens is 2. The average molecular weight is 263 g/mol. The van der Waals surface area contributed by atoms with Crippen LogP contribution in [0, 0.1) is 0 Å². The van der Waals surface area contributed by atoms with E-state index in [-0.39, 0.29) is 0 Å². The molecule has 0 saturated carbocycles. The van der Waals surface area contributed by atoms with Crippen molar-refractivity contribution in [2.45, 2.75) is 45.4 Å². The molecule has 0 atom stereocenters. The van der Waals surface area contributed by atoms with Gasteiger partial charge in [0.2, 0.25) is 5.95 Å². The normalized spacial score (nSPS) is 15.5. The van der Waals surface area contributed by atoms with Crippen LogP contribution in [0.1, 0.15) is 45.4 Å². The van der Waals surface area contributed by atoms with Gasteiger partial charge in [0.1, 0.15) is 11.6 Å². The molecule has 1 aliphatic rings. The van der Waals surface area contributed by atoms with E-state index in [0.29, 0.717) is 11.8 Å². The fourth-order valence-electron chi connectivity index (χ4n) is 2.39. The Kier molecular flexibility index (Phi) is 5.24. The lowest BCUT2D eigenvalue weighted by molar-refractivity contribution is 0.573. The highest BCUT2D eigenvalue weighted by Gasteiger charge is 2.13. The Labute approximate surface area is 115 Å². The van der Waals surface area contributed by atoms with Crippen LogP contribution in [-0.4, -0.2) is 29.6 Å². The maximum Gasteiger partial charge on any atom is 0.226 e. The van der Waals surface area contributed by atoms with Crippen molar-refractivity contribution in [1.29, 1.82) is 0 Å². The topological polar surface area (TPSA) is 67.1 Å². The maximum absolute atomic E-state index is 5.88. The molecule has 0 bridgehead atoms. The molecular weight excluding hydrogens is 238 g/mol. The zero-order valence-corrected chi connectivity index (χ0v) is 11.9. The molecule has 2 heterocycles. The zero-order chi connectivity index (χ0) is 13.5. The first-order valence-corrected chi connectivity index (χ1v) is 7.43. The summed E-state index contributed by atoms with van der Waals surface area (Å²) in [5.74, 6) is 2.18. The SMILES string of the molecule is CCCCCNc1nc(N)cc(N2CCCCC2)n1. The number of hydrogen-bond donors (Lipinski definition) is 2. The summed E-state index contributed by atoms with van der Waals surface area (Å²) in [4.78, 5) is 11.1. The second kappa shape index (κ2) is 7.16. The van der Waals surface area contributed by atoms with E-state index in [0.717, 1.165) is 31.9 Å². The van der Waals surface area contributed by atoms with Gasteiger partial charge in [0.15, 0.2) is 0 Å². The number of hydrogen-bond acceptors (Lipinski definition) is 5. The standard InChI is InChI=1S/C14H25N5/c1-2-3-5-8-16-14-17-12(15)11-13(18-14)19-9-6-4-7-10-19/h11H,2-10H2,1H3,(H3,15,16,17,18). The van der Waals surface area contributed by atoms with Crippen molar-refractivity contribution in [2.24, 2.45) is 0 Å². The summed E-state index contributed by atoms with van der Waals surface area (Å²) in [5, 5.41) is 3.27. The van der Waals surface area contributed by atoms with Crippen LogP contribution in [-0.2, 0) is 0 Å². The van der Waals surface area contributed by atoms with Gasteiger partial charge in [-0.1, -0.05) is 19.8 Å². The number of nitrogens with zero attached hydrogens (tertiary/aromatic N) is 3. The largest absolute Gasteiger partial charge is 0.383 e. The molecule has 0 aromatic carbocycles. The van der Waals surface area contributed by atoms with Gasteiger partial charge in [-0.2, -0.15) is 9.97 Å². The molecule has 0 aliphatic carbocycles.